The second kappa shape index (κ2) is 8.28. The standard InChI is InChI=1S/C19H27N5O3/c1-4-10-24-19(26)23-11-9-14(5-8-17(23)22-24)20-18(25)21-16-7-6-15(27-3)12-13(16)2/h6-7,12,14H,4-5,8-11H2,1-3H3,(H2,20,21,25). The Morgan fingerprint density at radius 1 is 1.37 bits per heavy atom. The van der Waals surface area contributed by atoms with Gasteiger partial charge in [-0.2, -0.15) is 5.10 Å². The molecule has 2 N–H and O–H groups in total. The van der Waals surface area contributed by atoms with E-state index in [1.807, 2.05) is 32.0 Å². The van der Waals surface area contributed by atoms with Crippen molar-refractivity contribution >= 4 is 11.7 Å². The summed E-state index contributed by atoms with van der Waals surface area (Å²) < 4.78 is 8.47. The molecule has 0 aliphatic carbocycles. The first-order valence-corrected chi connectivity index (χ1v) is 9.40. The number of nitrogens with zero attached hydrogens (tertiary/aromatic N) is 3. The number of rotatable bonds is 5. The number of amides is 2. The molecule has 3 rings (SSSR count). The highest BCUT2D eigenvalue weighted by Crippen LogP contribution is 2.21. The van der Waals surface area contributed by atoms with Crippen molar-refractivity contribution in [3.05, 3.63) is 40.1 Å². The zero-order valence-corrected chi connectivity index (χ0v) is 16.1. The van der Waals surface area contributed by atoms with Crippen LogP contribution in [0.1, 0.15) is 37.6 Å². The Morgan fingerprint density at radius 2 is 2.19 bits per heavy atom. The lowest BCUT2D eigenvalue weighted by molar-refractivity contribution is 0.247. The molecular weight excluding hydrogens is 346 g/mol. The van der Waals surface area contributed by atoms with Crippen molar-refractivity contribution in [2.45, 2.75) is 58.7 Å². The summed E-state index contributed by atoms with van der Waals surface area (Å²) in [6, 6.07) is 5.28. The molecule has 146 valence electrons. The monoisotopic (exact) mass is 373 g/mol. The minimum atomic E-state index is -0.240. The molecule has 0 fully saturated rings. The number of fused-ring (bicyclic) bond motifs is 1. The number of ether oxygens (including phenoxy) is 1. The normalized spacial score (nSPS) is 16.3. The van der Waals surface area contributed by atoms with Crippen molar-refractivity contribution < 1.29 is 9.53 Å². The van der Waals surface area contributed by atoms with Gasteiger partial charge in [-0.05, 0) is 49.9 Å². The fraction of sp³-hybridized carbons (Fsp3) is 0.526. The van der Waals surface area contributed by atoms with Crippen LogP contribution in [0.25, 0.3) is 0 Å². The van der Waals surface area contributed by atoms with Crippen LogP contribution in [0.15, 0.2) is 23.0 Å². The molecule has 2 amide bonds. The van der Waals surface area contributed by atoms with Gasteiger partial charge in [-0.15, -0.1) is 0 Å². The fourth-order valence-corrected chi connectivity index (χ4v) is 3.38. The maximum Gasteiger partial charge on any atom is 0.345 e. The first kappa shape index (κ1) is 19.0. The van der Waals surface area contributed by atoms with Crippen molar-refractivity contribution in [2.24, 2.45) is 0 Å². The zero-order valence-electron chi connectivity index (χ0n) is 16.1. The average Bonchev–Trinajstić information content (AvgIpc) is 2.81. The van der Waals surface area contributed by atoms with Gasteiger partial charge < -0.3 is 15.4 Å². The van der Waals surface area contributed by atoms with Crippen molar-refractivity contribution in [1.29, 1.82) is 0 Å². The Hall–Kier alpha value is -2.77. The molecule has 27 heavy (non-hydrogen) atoms. The molecule has 1 atom stereocenters. The van der Waals surface area contributed by atoms with Crippen LogP contribution in [0.4, 0.5) is 10.5 Å². The van der Waals surface area contributed by atoms with E-state index in [9.17, 15) is 9.59 Å². The fourth-order valence-electron chi connectivity index (χ4n) is 3.38. The largest absolute Gasteiger partial charge is 0.497 e. The number of nitrogens with one attached hydrogen (secondary N) is 2. The van der Waals surface area contributed by atoms with Gasteiger partial charge in [-0.25, -0.2) is 14.3 Å². The smallest absolute Gasteiger partial charge is 0.345 e. The summed E-state index contributed by atoms with van der Waals surface area (Å²) in [5.41, 5.74) is 1.63. The predicted octanol–water partition coefficient (Wildman–Crippen LogP) is 2.30. The topological polar surface area (TPSA) is 90.2 Å². The highest BCUT2D eigenvalue weighted by Gasteiger charge is 2.22. The lowest BCUT2D eigenvalue weighted by Gasteiger charge is -2.17. The van der Waals surface area contributed by atoms with E-state index in [0.29, 0.717) is 25.9 Å². The van der Waals surface area contributed by atoms with Gasteiger partial charge in [0.2, 0.25) is 0 Å². The number of aryl methyl sites for hydroxylation is 3. The first-order chi connectivity index (χ1) is 13.0. The number of carbonyl (C=O) groups is 1. The van der Waals surface area contributed by atoms with Gasteiger partial charge in [0, 0.05) is 31.2 Å². The molecular formula is C19H27N5O3. The third-order valence-corrected chi connectivity index (χ3v) is 4.87. The molecule has 2 heterocycles. The van der Waals surface area contributed by atoms with Crippen LogP contribution in [0, 0.1) is 6.92 Å². The van der Waals surface area contributed by atoms with E-state index >= 15 is 0 Å². The second-order valence-electron chi connectivity index (χ2n) is 6.88. The SMILES string of the molecule is CCCn1nc2n(c1=O)CCC(NC(=O)Nc1ccc(OC)cc1C)CC2. The Bertz CT molecular complexity index is 871. The summed E-state index contributed by atoms with van der Waals surface area (Å²) in [6.07, 6.45) is 3.03. The molecule has 1 unspecified atom stereocenters. The lowest BCUT2D eigenvalue weighted by Crippen LogP contribution is -2.38. The highest BCUT2D eigenvalue weighted by atomic mass is 16.5. The third kappa shape index (κ3) is 4.32. The van der Waals surface area contributed by atoms with Gasteiger partial charge in [0.25, 0.3) is 0 Å². The van der Waals surface area contributed by atoms with Crippen molar-refractivity contribution in [3.63, 3.8) is 0 Å². The molecule has 8 nitrogen and oxygen atoms in total. The molecule has 1 aromatic heterocycles. The zero-order chi connectivity index (χ0) is 19.4. The summed E-state index contributed by atoms with van der Waals surface area (Å²) >= 11 is 0. The van der Waals surface area contributed by atoms with Gasteiger partial charge in [0.15, 0.2) is 0 Å². The van der Waals surface area contributed by atoms with E-state index in [1.54, 1.807) is 16.4 Å². The lowest BCUT2D eigenvalue weighted by atomic mass is 10.1. The minimum Gasteiger partial charge on any atom is -0.497 e. The van der Waals surface area contributed by atoms with E-state index in [1.165, 1.54) is 0 Å². The third-order valence-electron chi connectivity index (χ3n) is 4.87. The van der Waals surface area contributed by atoms with Crippen LogP contribution in [0.3, 0.4) is 0 Å². The molecule has 1 aliphatic rings. The van der Waals surface area contributed by atoms with Crippen LogP contribution in [-0.4, -0.2) is 33.5 Å². The Morgan fingerprint density at radius 3 is 2.89 bits per heavy atom. The first-order valence-electron chi connectivity index (χ1n) is 9.40. The second-order valence-corrected chi connectivity index (χ2v) is 6.88. The number of methoxy groups -OCH3 is 1. The van der Waals surface area contributed by atoms with Crippen LogP contribution >= 0.6 is 0 Å². The number of carbonyl (C=O) groups excluding carboxylic acids is 1. The van der Waals surface area contributed by atoms with Crippen LogP contribution in [0.2, 0.25) is 0 Å². The Balaban J connectivity index is 1.59. The van der Waals surface area contributed by atoms with Crippen molar-refractivity contribution in [2.75, 3.05) is 12.4 Å². The Labute approximate surface area is 158 Å². The van der Waals surface area contributed by atoms with E-state index in [-0.39, 0.29) is 17.8 Å². The van der Waals surface area contributed by atoms with Gasteiger partial charge in [0.05, 0.1) is 7.11 Å². The van der Waals surface area contributed by atoms with E-state index in [0.717, 1.165) is 35.7 Å². The summed E-state index contributed by atoms with van der Waals surface area (Å²) in [5.74, 6) is 1.56. The number of aromatic nitrogens is 3. The van der Waals surface area contributed by atoms with Gasteiger partial charge in [0.1, 0.15) is 11.6 Å². The van der Waals surface area contributed by atoms with Gasteiger partial charge in [-0.1, -0.05) is 6.92 Å². The predicted molar refractivity (Wildman–Crippen MR) is 103 cm³/mol. The Kier molecular flexibility index (Phi) is 5.83. The number of hydrogen-bond acceptors (Lipinski definition) is 4. The van der Waals surface area contributed by atoms with E-state index in [2.05, 4.69) is 15.7 Å². The van der Waals surface area contributed by atoms with Crippen molar-refractivity contribution in [1.82, 2.24) is 19.7 Å². The average molecular weight is 373 g/mol. The van der Waals surface area contributed by atoms with Crippen molar-refractivity contribution in [3.8, 4) is 5.75 Å². The molecule has 0 radical (unpaired) electrons. The molecule has 0 saturated heterocycles. The number of anilines is 1. The number of benzene rings is 1. The van der Waals surface area contributed by atoms with Gasteiger partial charge >= 0.3 is 11.7 Å². The van der Waals surface area contributed by atoms with Gasteiger partial charge in [-0.3, -0.25) is 4.57 Å². The molecule has 0 saturated carbocycles. The molecule has 1 aromatic carbocycles. The van der Waals surface area contributed by atoms with Crippen LogP contribution < -0.4 is 21.1 Å². The number of hydrogen-bond donors (Lipinski definition) is 2. The minimum absolute atomic E-state index is 0.00396. The molecule has 0 spiro atoms. The maximum atomic E-state index is 12.4. The van der Waals surface area contributed by atoms with E-state index < -0.39 is 0 Å². The quantitative estimate of drug-likeness (QED) is 0.841. The summed E-state index contributed by atoms with van der Waals surface area (Å²) in [7, 11) is 1.61. The van der Waals surface area contributed by atoms with Crippen LogP contribution in [-0.2, 0) is 19.5 Å². The highest BCUT2D eigenvalue weighted by molar-refractivity contribution is 5.90. The van der Waals surface area contributed by atoms with E-state index in [4.69, 9.17) is 4.74 Å². The molecule has 8 heteroatoms. The molecule has 2 aromatic rings. The summed E-state index contributed by atoms with van der Waals surface area (Å²) in [5, 5.41) is 10.3. The summed E-state index contributed by atoms with van der Waals surface area (Å²) in [6.45, 7) is 5.17. The van der Waals surface area contributed by atoms with Crippen LogP contribution in [0.5, 0.6) is 5.75 Å². The maximum absolute atomic E-state index is 12.4. The molecule has 0 bridgehead atoms. The molecule has 1 aliphatic heterocycles. The summed E-state index contributed by atoms with van der Waals surface area (Å²) in [4.78, 5) is 24.7. The number of urea groups is 1.